The average molecular weight is 523 g/mol. The van der Waals surface area contributed by atoms with E-state index in [1.54, 1.807) is 18.2 Å². The van der Waals surface area contributed by atoms with Crippen LogP contribution >= 0.6 is 23.2 Å². The van der Waals surface area contributed by atoms with Gasteiger partial charge in [0.1, 0.15) is 5.75 Å². The highest BCUT2D eigenvalue weighted by Crippen LogP contribution is 2.30. The molecule has 9 heteroatoms. The molecule has 0 radical (unpaired) electrons. The van der Waals surface area contributed by atoms with Crippen molar-refractivity contribution in [2.24, 2.45) is 5.10 Å². The molecule has 0 atom stereocenters. The molecular weight excluding hydrogens is 503 g/mol. The maximum absolute atomic E-state index is 12.9. The molecular formula is C27H20Cl2N2O5. The van der Waals surface area contributed by atoms with Crippen molar-refractivity contribution in [1.29, 1.82) is 0 Å². The summed E-state index contributed by atoms with van der Waals surface area (Å²) in [5.41, 5.74) is 3.53. The third kappa shape index (κ3) is 5.43. The number of carbonyl (C=O) groups excluding carboxylic acids is 2. The summed E-state index contributed by atoms with van der Waals surface area (Å²) in [5.74, 6) is 0.0817. The molecule has 0 saturated heterocycles. The molecule has 0 unspecified atom stereocenters. The van der Waals surface area contributed by atoms with Gasteiger partial charge in [-0.3, -0.25) is 4.79 Å². The minimum atomic E-state index is -0.597. The van der Waals surface area contributed by atoms with E-state index in [1.165, 1.54) is 44.7 Å². The second-order valence-corrected chi connectivity index (χ2v) is 8.30. The Bertz CT molecular complexity index is 1490. The van der Waals surface area contributed by atoms with Crippen molar-refractivity contribution >= 4 is 52.1 Å². The van der Waals surface area contributed by atoms with Crippen LogP contribution in [0.2, 0.25) is 10.0 Å². The van der Waals surface area contributed by atoms with Crippen LogP contribution < -0.4 is 19.6 Å². The molecule has 182 valence electrons. The summed E-state index contributed by atoms with van der Waals surface area (Å²) in [6.45, 7) is 0. The van der Waals surface area contributed by atoms with Crippen LogP contribution in [0.15, 0.2) is 77.9 Å². The van der Waals surface area contributed by atoms with E-state index in [4.69, 9.17) is 37.4 Å². The molecule has 0 fully saturated rings. The van der Waals surface area contributed by atoms with Crippen LogP contribution in [0.1, 0.15) is 26.3 Å². The van der Waals surface area contributed by atoms with Crippen molar-refractivity contribution in [2.45, 2.75) is 0 Å². The van der Waals surface area contributed by atoms with Gasteiger partial charge in [-0.05, 0) is 53.2 Å². The summed E-state index contributed by atoms with van der Waals surface area (Å²) < 4.78 is 16.2. The number of hydrogen-bond acceptors (Lipinski definition) is 6. The number of fused-ring (bicyclic) bond motifs is 1. The zero-order valence-corrected chi connectivity index (χ0v) is 20.8. The number of esters is 1. The van der Waals surface area contributed by atoms with E-state index in [9.17, 15) is 9.59 Å². The van der Waals surface area contributed by atoms with E-state index in [1.807, 2.05) is 30.3 Å². The molecule has 0 aliphatic rings. The Labute approximate surface area is 217 Å². The Balaban J connectivity index is 1.62. The zero-order chi connectivity index (χ0) is 25.7. The second kappa shape index (κ2) is 11.1. The van der Waals surface area contributed by atoms with Crippen molar-refractivity contribution in [3.8, 4) is 17.2 Å². The van der Waals surface area contributed by atoms with Gasteiger partial charge in [0.2, 0.25) is 0 Å². The summed E-state index contributed by atoms with van der Waals surface area (Å²) in [6, 6.07) is 20.3. The maximum atomic E-state index is 12.9. The predicted molar refractivity (Wildman–Crippen MR) is 140 cm³/mol. The number of methoxy groups -OCH3 is 2. The first-order valence-corrected chi connectivity index (χ1v) is 11.4. The fraction of sp³-hybridized carbons (Fsp3) is 0.0741. The van der Waals surface area contributed by atoms with E-state index >= 15 is 0 Å². The van der Waals surface area contributed by atoms with Crippen LogP contribution in [0.25, 0.3) is 10.8 Å². The lowest BCUT2D eigenvalue weighted by Crippen LogP contribution is -2.17. The smallest absolute Gasteiger partial charge is 0.343 e. The van der Waals surface area contributed by atoms with E-state index in [2.05, 4.69) is 10.5 Å². The minimum Gasteiger partial charge on any atom is -0.493 e. The lowest BCUT2D eigenvalue weighted by atomic mass is 10.0. The zero-order valence-electron chi connectivity index (χ0n) is 19.2. The Hall–Kier alpha value is -4.07. The van der Waals surface area contributed by atoms with Gasteiger partial charge < -0.3 is 14.2 Å². The van der Waals surface area contributed by atoms with Gasteiger partial charge in [-0.15, -0.1) is 0 Å². The average Bonchev–Trinajstić information content (AvgIpc) is 2.90. The quantitative estimate of drug-likeness (QED) is 0.136. The lowest BCUT2D eigenvalue weighted by Gasteiger charge is -2.12. The van der Waals surface area contributed by atoms with Gasteiger partial charge in [-0.2, -0.15) is 5.10 Å². The Kier molecular flexibility index (Phi) is 7.73. The van der Waals surface area contributed by atoms with Gasteiger partial charge in [-0.25, -0.2) is 10.2 Å². The number of carbonyl (C=O) groups is 2. The molecule has 0 bridgehead atoms. The van der Waals surface area contributed by atoms with Crippen LogP contribution in [-0.2, 0) is 0 Å². The summed E-state index contributed by atoms with van der Waals surface area (Å²) >= 11 is 11.9. The van der Waals surface area contributed by atoms with Crippen molar-refractivity contribution in [3.05, 3.63) is 99.5 Å². The molecule has 0 spiro atoms. The van der Waals surface area contributed by atoms with Crippen LogP contribution in [0.4, 0.5) is 0 Å². The Morgan fingerprint density at radius 2 is 1.53 bits per heavy atom. The molecule has 7 nitrogen and oxygen atoms in total. The van der Waals surface area contributed by atoms with Crippen LogP contribution in [0.5, 0.6) is 17.2 Å². The van der Waals surface area contributed by atoms with E-state index < -0.39 is 11.9 Å². The largest absolute Gasteiger partial charge is 0.493 e. The lowest BCUT2D eigenvalue weighted by molar-refractivity contribution is 0.0734. The second-order valence-electron chi connectivity index (χ2n) is 7.49. The molecule has 0 aliphatic carbocycles. The van der Waals surface area contributed by atoms with Gasteiger partial charge in [0, 0.05) is 11.1 Å². The summed E-state index contributed by atoms with van der Waals surface area (Å²) in [6.07, 6.45) is 1.43. The van der Waals surface area contributed by atoms with Crippen molar-refractivity contribution in [3.63, 3.8) is 0 Å². The van der Waals surface area contributed by atoms with E-state index in [0.29, 0.717) is 27.6 Å². The highest BCUT2D eigenvalue weighted by Gasteiger charge is 2.16. The van der Waals surface area contributed by atoms with Gasteiger partial charge in [0.25, 0.3) is 5.91 Å². The topological polar surface area (TPSA) is 86.2 Å². The number of halogens is 2. The van der Waals surface area contributed by atoms with Gasteiger partial charge in [-0.1, -0.05) is 53.5 Å². The summed E-state index contributed by atoms with van der Waals surface area (Å²) in [7, 11) is 2.99. The number of hydrogen-bond donors (Lipinski definition) is 1. The van der Waals surface area contributed by atoms with Crippen molar-refractivity contribution in [2.75, 3.05) is 14.2 Å². The minimum absolute atomic E-state index is 0.256. The number of amides is 1. The van der Waals surface area contributed by atoms with Crippen molar-refractivity contribution in [1.82, 2.24) is 5.43 Å². The molecule has 4 rings (SSSR count). The fourth-order valence-corrected chi connectivity index (χ4v) is 3.78. The van der Waals surface area contributed by atoms with E-state index in [-0.39, 0.29) is 16.3 Å². The first kappa shape index (κ1) is 25.0. The highest BCUT2D eigenvalue weighted by atomic mass is 35.5. The van der Waals surface area contributed by atoms with E-state index in [0.717, 1.165) is 10.8 Å². The number of nitrogens with zero attached hydrogens (tertiary/aromatic N) is 1. The third-order valence-electron chi connectivity index (χ3n) is 5.29. The molecule has 0 aromatic heterocycles. The number of hydrazone groups is 1. The molecule has 1 amide bonds. The normalized spacial score (nSPS) is 10.9. The first-order chi connectivity index (χ1) is 17.4. The van der Waals surface area contributed by atoms with Crippen molar-refractivity contribution < 1.29 is 23.8 Å². The summed E-state index contributed by atoms with van der Waals surface area (Å²) in [4.78, 5) is 25.4. The molecule has 4 aromatic rings. The number of ether oxygens (including phenoxy) is 3. The molecule has 4 aromatic carbocycles. The van der Waals surface area contributed by atoms with Crippen LogP contribution in [0, 0.1) is 0 Å². The molecule has 0 aliphatic heterocycles. The maximum Gasteiger partial charge on any atom is 0.343 e. The number of nitrogens with one attached hydrogen (secondary N) is 1. The number of rotatable bonds is 7. The van der Waals surface area contributed by atoms with Crippen LogP contribution in [0.3, 0.4) is 0 Å². The highest BCUT2D eigenvalue weighted by molar-refractivity contribution is 6.42. The summed E-state index contributed by atoms with van der Waals surface area (Å²) in [5, 5.41) is 6.36. The Morgan fingerprint density at radius 3 is 2.28 bits per heavy atom. The fourth-order valence-electron chi connectivity index (χ4n) is 3.48. The first-order valence-electron chi connectivity index (χ1n) is 10.7. The standard InChI is InChI=1S/C27H20Cl2N2O5/c1-34-24-12-9-18(14-25(24)35-2)27(33)36-23-11-8-16-5-3-4-6-19(16)20(23)15-30-31-26(32)17-7-10-21(28)22(29)13-17/h3-15H,1-2H3,(H,31,32). The Morgan fingerprint density at radius 1 is 0.806 bits per heavy atom. The van der Waals surface area contributed by atoms with Gasteiger partial charge in [0.15, 0.2) is 11.5 Å². The van der Waals surface area contributed by atoms with Gasteiger partial charge >= 0.3 is 5.97 Å². The van der Waals surface area contributed by atoms with Crippen LogP contribution in [-0.4, -0.2) is 32.3 Å². The molecule has 0 heterocycles. The predicted octanol–water partition coefficient (Wildman–Crippen LogP) is 6.15. The number of benzene rings is 4. The monoisotopic (exact) mass is 522 g/mol. The molecule has 0 saturated carbocycles. The molecule has 1 N–H and O–H groups in total. The molecule has 36 heavy (non-hydrogen) atoms. The third-order valence-corrected chi connectivity index (χ3v) is 6.03. The SMILES string of the molecule is COc1ccc(C(=O)Oc2ccc3ccccc3c2C=NNC(=O)c2ccc(Cl)c(Cl)c2)cc1OC. The van der Waals surface area contributed by atoms with Gasteiger partial charge in [0.05, 0.1) is 36.0 Å².